The number of benzene rings is 2. The molecule has 0 aliphatic heterocycles. The summed E-state index contributed by atoms with van der Waals surface area (Å²) in [4.78, 5) is 39.9. The first-order chi connectivity index (χ1) is 15.2. The van der Waals surface area contributed by atoms with Crippen LogP contribution in [0.1, 0.15) is 31.8 Å². The summed E-state index contributed by atoms with van der Waals surface area (Å²) in [6, 6.07) is 11.9. The average Bonchev–Trinajstić information content (AvgIpc) is 2.73. The summed E-state index contributed by atoms with van der Waals surface area (Å²) in [5, 5.41) is 20.7. The van der Waals surface area contributed by atoms with Gasteiger partial charge in [0.25, 0.3) is 5.91 Å². The van der Waals surface area contributed by atoms with Crippen LogP contribution in [0, 0.1) is 6.92 Å². The lowest BCUT2D eigenvalue weighted by atomic mass is 10.0. The fourth-order valence-corrected chi connectivity index (χ4v) is 3.83. The number of nitrogens with zero attached hydrogens (tertiary/aromatic N) is 1. The maximum absolute atomic E-state index is 12.7. The molecule has 3 rings (SSSR count). The van der Waals surface area contributed by atoms with E-state index >= 15 is 0 Å². The fourth-order valence-electron chi connectivity index (χ4n) is 3.17. The highest BCUT2D eigenvalue weighted by atomic mass is 35.5. The molecule has 0 radical (unpaired) electrons. The Bertz CT molecular complexity index is 1170. The number of aliphatic carboxylic acids is 1. The lowest BCUT2D eigenvalue weighted by Crippen LogP contribution is -2.42. The van der Waals surface area contributed by atoms with Crippen molar-refractivity contribution in [3.63, 3.8) is 0 Å². The Morgan fingerprint density at radius 2 is 1.66 bits per heavy atom. The number of aryl methyl sites for hydroxylation is 1. The number of halogens is 2. The maximum atomic E-state index is 12.7. The molecule has 1 amide bonds. The summed E-state index contributed by atoms with van der Waals surface area (Å²) < 4.78 is 0. The Morgan fingerprint density at radius 1 is 1.03 bits per heavy atom. The van der Waals surface area contributed by atoms with E-state index in [2.05, 4.69) is 10.3 Å². The SMILES string of the molecule is Cc1cccnc1-c1ccc(C[C@H](NC(=O)c2c(Cl)cc(C(=O)O)cc2Cl)C(=O)O)cc1. The van der Waals surface area contributed by atoms with Crippen LogP contribution >= 0.6 is 23.2 Å². The number of carbonyl (C=O) groups is 3. The van der Waals surface area contributed by atoms with E-state index in [4.69, 9.17) is 28.3 Å². The highest BCUT2D eigenvalue weighted by Gasteiger charge is 2.25. The second-order valence-electron chi connectivity index (χ2n) is 7.05. The zero-order valence-corrected chi connectivity index (χ0v) is 18.3. The van der Waals surface area contributed by atoms with Crippen LogP contribution in [0.3, 0.4) is 0 Å². The Kier molecular flexibility index (Phi) is 7.12. The van der Waals surface area contributed by atoms with Gasteiger partial charge in [0.15, 0.2) is 0 Å². The smallest absolute Gasteiger partial charge is 0.335 e. The number of rotatable bonds is 7. The van der Waals surface area contributed by atoms with Crippen LogP contribution in [0.15, 0.2) is 54.7 Å². The second-order valence-corrected chi connectivity index (χ2v) is 7.87. The molecule has 0 bridgehead atoms. The van der Waals surface area contributed by atoms with Gasteiger partial charge in [0.1, 0.15) is 6.04 Å². The average molecular weight is 473 g/mol. The third-order valence-corrected chi connectivity index (χ3v) is 5.39. The molecule has 7 nitrogen and oxygen atoms in total. The normalized spacial score (nSPS) is 11.6. The van der Waals surface area contributed by atoms with Crippen molar-refractivity contribution in [3.05, 3.63) is 87.0 Å². The number of carboxylic acids is 2. The topological polar surface area (TPSA) is 117 Å². The van der Waals surface area contributed by atoms with Gasteiger partial charge in [-0.2, -0.15) is 0 Å². The highest BCUT2D eigenvalue weighted by molar-refractivity contribution is 6.40. The number of hydrogen-bond donors (Lipinski definition) is 3. The summed E-state index contributed by atoms with van der Waals surface area (Å²) in [5.74, 6) is -3.31. The van der Waals surface area contributed by atoms with E-state index in [-0.39, 0.29) is 27.6 Å². The number of carboxylic acid groups (broad SMARTS) is 2. The largest absolute Gasteiger partial charge is 0.480 e. The number of hydrogen-bond acceptors (Lipinski definition) is 4. The van der Waals surface area contributed by atoms with Crippen LogP contribution in [-0.2, 0) is 11.2 Å². The number of amides is 1. The molecular weight excluding hydrogens is 455 g/mol. The van der Waals surface area contributed by atoms with Crippen LogP contribution < -0.4 is 5.32 Å². The molecule has 2 aromatic carbocycles. The van der Waals surface area contributed by atoms with E-state index in [0.717, 1.165) is 29.0 Å². The molecule has 0 saturated carbocycles. The van der Waals surface area contributed by atoms with Gasteiger partial charge in [-0.3, -0.25) is 9.78 Å². The van der Waals surface area contributed by atoms with E-state index < -0.39 is 23.9 Å². The molecule has 0 unspecified atom stereocenters. The third kappa shape index (κ3) is 5.25. The second kappa shape index (κ2) is 9.80. The molecule has 9 heteroatoms. The predicted octanol–water partition coefficient (Wildman–Crippen LogP) is 4.49. The van der Waals surface area contributed by atoms with Crippen molar-refractivity contribution in [1.82, 2.24) is 10.3 Å². The molecule has 1 atom stereocenters. The molecule has 3 N–H and O–H groups in total. The van der Waals surface area contributed by atoms with Gasteiger partial charge in [0.05, 0.1) is 26.9 Å². The summed E-state index contributed by atoms with van der Waals surface area (Å²) in [5.41, 5.74) is 3.04. The monoisotopic (exact) mass is 472 g/mol. The van der Waals surface area contributed by atoms with Gasteiger partial charge in [-0.15, -0.1) is 0 Å². The lowest BCUT2D eigenvalue weighted by molar-refractivity contribution is -0.139. The first-order valence-electron chi connectivity index (χ1n) is 9.44. The Balaban J connectivity index is 1.78. The van der Waals surface area contributed by atoms with Crippen molar-refractivity contribution < 1.29 is 24.6 Å². The molecule has 0 spiro atoms. The Morgan fingerprint density at radius 3 is 2.19 bits per heavy atom. The Hall–Kier alpha value is -3.42. The van der Waals surface area contributed by atoms with E-state index in [1.54, 1.807) is 18.3 Å². The van der Waals surface area contributed by atoms with Gasteiger partial charge in [-0.05, 0) is 36.2 Å². The molecule has 0 saturated heterocycles. The summed E-state index contributed by atoms with van der Waals surface area (Å²) in [6.45, 7) is 1.95. The minimum Gasteiger partial charge on any atom is -0.480 e. The number of aromatic carboxylic acids is 1. The molecule has 164 valence electrons. The molecular formula is C23H18Cl2N2O5. The first-order valence-corrected chi connectivity index (χ1v) is 10.2. The van der Waals surface area contributed by atoms with Gasteiger partial charge < -0.3 is 15.5 Å². The van der Waals surface area contributed by atoms with Crippen molar-refractivity contribution in [3.8, 4) is 11.3 Å². The van der Waals surface area contributed by atoms with Crippen LogP contribution in [0.4, 0.5) is 0 Å². The molecule has 0 aliphatic rings. The lowest BCUT2D eigenvalue weighted by Gasteiger charge is -2.16. The van der Waals surface area contributed by atoms with E-state index in [1.165, 1.54) is 0 Å². The first kappa shape index (κ1) is 23.2. The standard InChI is InChI=1S/C23H18Cl2N2O5/c1-12-3-2-8-26-20(12)14-6-4-13(5-7-14)9-18(23(31)32)27-21(28)19-16(24)10-15(22(29)30)11-17(19)25/h2-8,10-11,18H,9H2,1H3,(H,27,28)(H,29,30)(H,31,32)/t18-/m0/s1. The van der Waals surface area contributed by atoms with Crippen molar-refractivity contribution in [2.75, 3.05) is 0 Å². The molecule has 1 aromatic heterocycles. The van der Waals surface area contributed by atoms with Crippen molar-refractivity contribution >= 4 is 41.0 Å². The molecule has 0 fully saturated rings. The van der Waals surface area contributed by atoms with Gasteiger partial charge in [-0.25, -0.2) is 9.59 Å². The fraction of sp³-hybridized carbons (Fsp3) is 0.130. The van der Waals surface area contributed by atoms with E-state index in [1.807, 2.05) is 31.2 Å². The highest BCUT2D eigenvalue weighted by Crippen LogP contribution is 2.27. The molecule has 32 heavy (non-hydrogen) atoms. The zero-order valence-electron chi connectivity index (χ0n) is 16.8. The number of aromatic nitrogens is 1. The zero-order chi connectivity index (χ0) is 23.4. The molecule has 1 heterocycles. The number of pyridine rings is 1. The van der Waals surface area contributed by atoms with Crippen LogP contribution in [0.5, 0.6) is 0 Å². The van der Waals surface area contributed by atoms with E-state index in [9.17, 15) is 19.5 Å². The van der Waals surface area contributed by atoms with Gasteiger partial charge in [0, 0.05) is 18.2 Å². The minimum absolute atomic E-state index is 0.0189. The van der Waals surface area contributed by atoms with Crippen molar-refractivity contribution in [2.45, 2.75) is 19.4 Å². The Labute approximate surface area is 193 Å². The molecule has 0 aliphatic carbocycles. The quantitative estimate of drug-likeness (QED) is 0.466. The van der Waals surface area contributed by atoms with Gasteiger partial charge in [0.2, 0.25) is 0 Å². The third-order valence-electron chi connectivity index (χ3n) is 4.80. The van der Waals surface area contributed by atoms with Gasteiger partial charge >= 0.3 is 11.9 Å². The summed E-state index contributed by atoms with van der Waals surface area (Å²) in [6.07, 6.45) is 1.72. The number of carbonyl (C=O) groups excluding carboxylic acids is 1. The van der Waals surface area contributed by atoms with Crippen molar-refractivity contribution in [2.24, 2.45) is 0 Å². The van der Waals surface area contributed by atoms with Gasteiger partial charge in [-0.1, -0.05) is 53.5 Å². The summed E-state index contributed by atoms with van der Waals surface area (Å²) in [7, 11) is 0. The van der Waals surface area contributed by atoms with Crippen LogP contribution in [0.25, 0.3) is 11.3 Å². The van der Waals surface area contributed by atoms with Crippen molar-refractivity contribution in [1.29, 1.82) is 0 Å². The molecule has 3 aromatic rings. The predicted molar refractivity (Wildman–Crippen MR) is 120 cm³/mol. The maximum Gasteiger partial charge on any atom is 0.335 e. The van der Waals surface area contributed by atoms with E-state index in [0.29, 0.717) is 5.56 Å². The minimum atomic E-state index is -1.26. The van der Waals surface area contributed by atoms with Crippen LogP contribution in [0.2, 0.25) is 10.0 Å². The number of nitrogens with one attached hydrogen (secondary N) is 1. The van der Waals surface area contributed by atoms with Crippen LogP contribution in [-0.4, -0.2) is 39.1 Å². The summed E-state index contributed by atoms with van der Waals surface area (Å²) >= 11 is 12.0.